The van der Waals surface area contributed by atoms with Crippen LogP contribution in [0.25, 0.3) is 0 Å². The normalized spacial score (nSPS) is 18.3. The van der Waals surface area contributed by atoms with Crippen LogP contribution in [-0.4, -0.2) is 34.6 Å². The van der Waals surface area contributed by atoms with Gasteiger partial charge in [0.2, 0.25) is 0 Å². The van der Waals surface area contributed by atoms with Gasteiger partial charge in [-0.3, -0.25) is 9.78 Å². The van der Waals surface area contributed by atoms with Crippen molar-refractivity contribution >= 4 is 11.6 Å². The van der Waals surface area contributed by atoms with Crippen LogP contribution in [0, 0.1) is 18.3 Å². The van der Waals surface area contributed by atoms with Gasteiger partial charge in [0.15, 0.2) is 0 Å². The summed E-state index contributed by atoms with van der Waals surface area (Å²) >= 11 is 0. The van der Waals surface area contributed by atoms with Gasteiger partial charge in [-0.05, 0) is 49.5 Å². The first-order valence-corrected chi connectivity index (χ1v) is 8.64. The number of rotatable bonds is 5. The molecule has 1 fully saturated rings. The number of aromatic nitrogens is 1. The summed E-state index contributed by atoms with van der Waals surface area (Å²) < 4.78 is 0. The second kappa shape index (κ2) is 7.60. The topological polar surface area (TPSA) is 83.1 Å². The molecule has 1 aromatic rings. The van der Waals surface area contributed by atoms with Crippen molar-refractivity contribution < 1.29 is 4.79 Å². The minimum atomic E-state index is -0.175. The Morgan fingerprint density at radius 3 is 2.83 bits per heavy atom. The van der Waals surface area contributed by atoms with Crippen molar-refractivity contribution in [1.82, 2.24) is 9.88 Å². The number of allylic oxidation sites excluding steroid dienone is 1. The first kappa shape index (κ1) is 18.2. The second-order valence-electron chi connectivity index (χ2n) is 6.84. The molecular weight excluding hydrogens is 300 g/mol. The first-order chi connectivity index (χ1) is 11.3. The van der Waals surface area contributed by atoms with Crippen molar-refractivity contribution in [3.8, 4) is 0 Å². The van der Waals surface area contributed by atoms with E-state index in [9.17, 15) is 4.79 Å². The molecule has 0 saturated carbocycles. The summed E-state index contributed by atoms with van der Waals surface area (Å²) in [7, 11) is 0. The molecular formula is C19H28N4O. The molecule has 0 aromatic carbocycles. The monoisotopic (exact) mass is 328 g/mol. The quantitative estimate of drug-likeness (QED) is 0.644. The summed E-state index contributed by atoms with van der Waals surface area (Å²) in [5, 5.41) is 7.84. The lowest BCUT2D eigenvalue weighted by atomic mass is 10.0. The molecule has 3 N–H and O–H groups in total. The summed E-state index contributed by atoms with van der Waals surface area (Å²) in [5.74, 6) is 0.148. The number of nitrogens with one attached hydrogen (secondary N) is 1. The number of carbonyl (C=O) groups excluding carboxylic acids is 1. The number of aryl methyl sites for hydroxylation is 2. The number of likely N-dealkylation sites (tertiary alicyclic amines) is 1. The van der Waals surface area contributed by atoms with Gasteiger partial charge in [-0.15, -0.1) is 0 Å². The van der Waals surface area contributed by atoms with Crippen LogP contribution in [0.4, 0.5) is 0 Å². The SMILES string of the molecule is CCc1cc(C)nc(C2CCN(C(=O)/C(N)=C/C(=N)C(C)C)C2)c1. The lowest BCUT2D eigenvalue weighted by Gasteiger charge is -2.17. The average molecular weight is 328 g/mol. The van der Waals surface area contributed by atoms with E-state index in [0.29, 0.717) is 18.8 Å². The van der Waals surface area contributed by atoms with Gasteiger partial charge in [0, 0.05) is 36.1 Å². The van der Waals surface area contributed by atoms with Crippen molar-refractivity contribution in [1.29, 1.82) is 5.41 Å². The minimum absolute atomic E-state index is 0.0617. The molecule has 1 aromatic heterocycles. The number of amides is 1. The molecule has 0 spiro atoms. The molecule has 0 radical (unpaired) electrons. The Morgan fingerprint density at radius 2 is 2.21 bits per heavy atom. The summed E-state index contributed by atoms with van der Waals surface area (Å²) in [6.45, 7) is 9.30. The number of nitrogens with two attached hydrogens (primary N) is 1. The zero-order valence-corrected chi connectivity index (χ0v) is 15.1. The van der Waals surface area contributed by atoms with Crippen molar-refractivity contribution in [2.75, 3.05) is 13.1 Å². The van der Waals surface area contributed by atoms with Crippen molar-refractivity contribution in [2.24, 2.45) is 11.7 Å². The Bertz CT molecular complexity index is 663. The van der Waals surface area contributed by atoms with E-state index in [2.05, 4.69) is 24.0 Å². The van der Waals surface area contributed by atoms with Gasteiger partial charge in [-0.2, -0.15) is 0 Å². The Hall–Kier alpha value is -2.17. The largest absolute Gasteiger partial charge is 0.394 e. The molecule has 0 aliphatic carbocycles. The third-order valence-electron chi connectivity index (χ3n) is 4.51. The first-order valence-electron chi connectivity index (χ1n) is 8.64. The maximum atomic E-state index is 12.5. The molecule has 5 heteroatoms. The third kappa shape index (κ3) is 4.22. The van der Waals surface area contributed by atoms with E-state index in [0.717, 1.165) is 24.2 Å². The molecule has 0 bridgehead atoms. The lowest BCUT2D eigenvalue weighted by Crippen LogP contribution is -2.33. The molecule has 1 amide bonds. The van der Waals surface area contributed by atoms with Crippen LogP contribution in [0.3, 0.4) is 0 Å². The molecule has 1 unspecified atom stereocenters. The predicted molar refractivity (Wildman–Crippen MR) is 97.1 cm³/mol. The Balaban J connectivity index is 2.09. The van der Waals surface area contributed by atoms with Crippen LogP contribution in [0.5, 0.6) is 0 Å². The van der Waals surface area contributed by atoms with E-state index in [1.54, 1.807) is 4.90 Å². The van der Waals surface area contributed by atoms with Crippen molar-refractivity contribution in [3.05, 3.63) is 40.9 Å². The van der Waals surface area contributed by atoms with E-state index < -0.39 is 0 Å². The Labute approximate surface area is 144 Å². The highest BCUT2D eigenvalue weighted by atomic mass is 16.2. The zero-order valence-electron chi connectivity index (χ0n) is 15.1. The van der Waals surface area contributed by atoms with Crippen molar-refractivity contribution in [3.63, 3.8) is 0 Å². The fourth-order valence-electron chi connectivity index (χ4n) is 2.95. The Kier molecular flexibility index (Phi) is 5.75. The van der Waals surface area contributed by atoms with Gasteiger partial charge in [0.1, 0.15) is 0 Å². The number of nitrogens with zero attached hydrogens (tertiary/aromatic N) is 2. The summed E-state index contributed by atoms with van der Waals surface area (Å²) in [6.07, 6.45) is 3.37. The molecule has 1 aliphatic heterocycles. The molecule has 130 valence electrons. The van der Waals surface area contributed by atoms with E-state index >= 15 is 0 Å². The Morgan fingerprint density at radius 1 is 1.50 bits per heavy atom. The minimum Gasteiger partial charge on any atom is -0.394 e. The summed E-state index contributed by atoms with van der Waals surface area (Å²) in [5.41, 5.74) is 9.82. The number of hydrogen-bond donors (Lipinski definition) is 2. The fraction of sp³-hybridized carbons (Fsp3) is 0.526. The van der Waals surface area contributed by atoms with Crippen LogP contribution in [0.2, 0.25) is 0 Å². The summed E-state index contributed by atoms with van der Waals surface area (Å²) in [6, 6.07) is 4.26. The van der Waals surface area contributed by atoms with Gasteiger partial charge >= 0.3 is 0 Å². The van der Waals surface area contributed by atoms with Crippen LogP contribution < -0.4 is 5.73 Å². The van der Waals surface area contributed by atoms with Crippen LogP contribution in [0.1, 0.15) is 50.1 Å². The molecule has 1 saturated heterocycles. The van der Waals surface area contributed by atoms with E-state index in [1.165, 1.54) is 11.6 Å². The van der Waals surface area contributed by atoms with E-state index in [-0.39, 0.29) is 23.4 Å². The number of hydrogen-bond acceptors (Lipinski definition) is 4. The van der Waals surface area contributed by atoms with Gasteiger partial charge < -0.3 is 16.0 Å². The smallest absolute Gasteiger partial charge is 0.269 e. The average Bonchev–Trinajstić information content (AvgIpc) is 3.03. The van der Waals surface area contributed by atoms with E-state index in [1.807, 2.05) is 20.8 Å². The van der Waals surface area contributed by atoms with Crippen LogP contribution >= 0.6 is 0 Å². The van der Waals surface area contributed by atoms with Gasteiger partial charge in [0.25, 0.3) is 5.91 Å². The highest BCUT2D eigenvalue weighted by molar-refractivity contribution is 6.02. The third-order valence-corrected chi connectivity index (χ3v) is 4.51. The molecule has 5 nitrogen and oxygen atoms in total. The number of pyridine rings is 1. The van der Waals surface area contributed by atoms with Crippen LogP contribution in [0.15, 0.2) is 23.9 Å². The van der Waals surface area contributed by atoms with Gasteiger partial charge in [-0.1, -0.05) is 20.8 Å². The van der Waals surface area contributed by atoms with Gasteiger partial charge in [0.05, 0.1) is 5.70 Å². The fourth-order valence-corrected chi connectivity index (χ4v) is 2.95. The molecule has 1 atom stereocenters. The molecule has 24 heavy (non-hydrogen) atoms. The maximum Gasteiger partial charge on any atom is 0.269 e. The van der Waals surface area contributed by atoms with Crippen LogP contribution in [-0.2, 0) is 11.2 Å². The van der Waals surface area contributed by atoms with Gasteiger partial charge in [-0.25, -0.2) is 0 Å². The lowest BCUT2D eigenvalue weighted by molar-refractivity contribution is -0.126. The second-order valence-corrected chi connectivity index (χ2v) is 6.84. The van der Waals surface area contributed by atoms with Crippen molar-refractivity contribution in [2.45, 2.75) is 46.5 Å². The molecule has 2 heterocycles. The summed E-state index contributed by atoms with van der Waals surface area (Å²) in [4.78, 5) is 18.9. The standard InChI is InChI=1S/C19H28N4O/c1-5-14-8-13(4)22-18(9-14)15-6-7-23(11-15)19(24)17(21)10-16(20)12(2)3/h8-10,12,15,20H,5-7,11,21H2,1-4H3/b17-10-,20-16?. The molecule has 1 aliphatic rings. The highest BCUT2D eigenvalue weighted by Gasteiger charge is 2.29. The predicted octanol–water partition coefficient (Wildman–Crippen LogP) is 2.79. The maximum absolute atomic E-state index is 12.5. The highest BCUT2D eigenvalue weighted by Crippen LogP contribution is 2.27. The van der Waals surface area contributed by atoms with E-state index in [4.69, 9.17) is 11.1 Å². The number of carbonyl (C=O) groups is 1. The zero-order chi connectivity index (χ0) is 17.9. The molecule has 2 rings (SSSR count).